The Balaban J connectivity index is 1.87. The van der Waals surface area contributed by atoms with Gasteiger partial charge in [0.15, 0.2) is 0 Å². The second-order valence-electron chi connectivity index (χ2n) is 3.95. The van der Waals surface area contributed by atoms with Crippen molar-refractivity contribution < 1.29 is 4.79 Å². The number of hydrogen-bond donors (Lipinski definition) is 1. The van der Waals surface area contributed by atoms with Crippen LogP contribution in [0.1, 0.15) is 10.4 Å². The molecule has 1 amide bonds. The maximum atomic E-state index is 12.1. The summed E-state index contributed by atoms with van der Waals surface area (Å²) in [5, 5.41) is 5.73. The molecule has 2 heterocycles. The molecule has 2 aliphatic rings. The van der Waals surface area contributed by atoms with Gasteiger partial charge in [0, 0.05) is 16.1 Å². The fourth-order valence-electron chi connectivity index (χ4n) is 1.62. The summed E-state index contributed by atoms with van der Waals surface area (Å²) in [6, 6.07) is 8.54. The van der Waals surface area contributed by atoms with Gasteiger partial charge in [-0.3, -0.25) is 9.59 Å². The minimum atomic E-state index is -0.244. The van der Waals surface area contributed by atoms with Crippen LogP contribution >= 0.6 is 34.3 Å². The molecule has 1 aromatic carbocycles. The number of nitrogens with zero attached hydrogens (tertiary/aromatic N) is 1. The van der Waals surface area contributed by atoms with Crippen molar-refractivity contribution in [3.05, 3.63) is 56.0 Å². The Morgan fingerprint density at radius 2 is 2.00 bits per heavy atom. The van der Waals surface area contributed by atoms with Gasteiger partial charge < -0.3 is 5.32 Å². The van der Waals surface area contributed by atoms with Crippen LogP contribution in [0.3, 0.4) is 0 Å². The van der Waals surface area contributed by atoms with Crippen LogP contribution in [-0.2, 0) is 0 Å². The summed E-state index contributed by atoms with van der Waals surface area (Å²) in [7, 11) is 0. The van der Waals surface area contributed by atoms with E-state index in [-0.39, 0.29) is 10.8 Å². The molecule has 0 radical (unpaired) electrons. The molecule has 0 saturated heterocycles. The van der Waals surface area contributed by atoms with Crippen molar-refractivity contribution in [2.45, 2.75) is 0 Å². The number of aromatic nitrogens is 1. The molecule has 0 aromatic heterocycles. The second kappa shape index (κ2) is 5.32. The van der Waals surface area contributed by atoms with Gasteiger partial charge >= 0.3 is 4.87 Å². The molecule has 100 valence electrons. The zero-order valence-electron chi connectivity index (χ0n) is 9.92. The first-order valence-corrected chi connectivity index (χ1v) is 7.65. The topological polar surface area (TPSA) is 59.1 Å². The predicted octanol–water partition coefficient (Wildman–Crippen LogP) is 3.58. The van der Waals surface area contributed by atoms with Gasteiger partial charge in [-0.2, -0.15) is 4.98 Å². The molecule has 0 atom stereocenters. The lowest BCUT2D eigenvalue weighted by atomic mass is 10.2. The number of thiazole rings is 1. The smallest absolute Gasteiger partial charge is 0.322 e. The molecule has 1 N–H and O–H groups in total. The quantitative estimate of drug-likeness (QED) is 0.784. The van der Waals surface area contributed by atoms with E-state index in [1.165, 1.54) is 11.3 Å². The van der Waals surface area contributed by atoms with E-state index in [2.05, 4.69) is 10.3 Å². The molecule has 0 aliphatic carbocycles. The number of carbonyl (C=O) groups excluding carboxylic acids is 1. The maximum Gasteiger partial charge on any atom is 0.328 e. The van der Waals surface area contributed by atoms with Crippen LogP contribution in [0.25, 0.3) is 9.88 Å². The number of nitrogens with one attached hydrogen (secondary N) is 1. The summed E-state index contributed by atoms with van der Waals surface area (Å²) >= 11 is 8.11. The first kappa shape index (κ1) is 13.2. The fourth-order valence-corrected chi connectivity index (χ4v) is 3.45. The van der Waals surface area contributed by atoms with E-state index < -0.39 is 0 Å². The molecular weight excluding hydrogens is 316 g/mol. The molecule has 0 unspecified atom stereocenters. The Hall–Kier alpha value is -1.76. The lowest BCUT2D eigenvalue weighted by Crippen LogP contribution is -2.11. The average molecular weight is 323 g/mol. The SMILES string of the molecule is O=C(Nc1ccc(Cl)cc1)c1csc2nc(=O)sc-2c1. The molecule has 0 spiro atoms. The fraction of sp³-hybridized carbons (Fsp3) is 0. The third kappa shape index (κ3) is 2.72. The van der Waals surface area contributed by atoms with Crippen molar-refractivity contribution >= 4 is 45.9 Å². The van der Waals surface area contributed by atoms with Gasteiger partial charge in [-0.25, -0.2) is 0 Å². The third-order valence-electron chi connectivity index (χ3n) is 2.55. The number of hydrogen-bond acceptors (Lipinski definition) is 5. The molecule has 7 heteroatoms. The van der Waals surface area contributed by atoms with E-state index >= 15 is 0 Å². The Morgan fingerprint density at radius 1 is 1.25 bits per heavy atom. The van der Waals surface area contributed by atoms with Crippen molar-refractivity contribution in [1.82, 2.24) is 4.98 Å². The highest BCUT2D eigenvalue weighted by molar-refractivity contribution is 7.20. The molecule has 3 rings (SSSR count). The summed E-state index contributed by atoms with van der Waals surface area (Å²) in [6.45, 7) is 0. The van der Waals surface area contributed by atoms with Crippen molar-refractivity contribution in [1.29, 1.82) is 0 Å². The number of carbonyl (C=O) groups is 1. The van der Waals surface area contributed by atoms with Crippen LogP contribution in [0, 0.1) is 0 Å². The monoisotopic (exact) mass is 322 g/mol. The summed E-state index contributed by atoms with van der Waals surface area (Å²) in [5.41, 5.74) is 1.17. The van der Waals surface area contributed by atoms with Crippen molar-refractivity contribution in [3.8, 4) is 9.88 Å². The number of benzene rings is 1. The van der Waals surface area contributed by atoms with Gasteiger partial charge in [-0.15, -0.1) is 11.3 Å². The van der Waals surface area contributed by atoms with Crippen molar-refractivity contribution in [2.24, 2.45) is 0 Å². The molecule has 0 saturated carbocycles. The van der Waals surface area contributed by atoms with Crippen LogP contribution in [0.15, 0.2) is 40.5 Å². The summed E-state index contributed by atoms with van der Waals surface area (Å²) in [4.78, 5) is 27.6. The second-order valence-corrected chi connectivity index (χ2v) is 6.23. The highest BCUT2D eigenvalue weighted by Gasteiger charge is 2.13. The largest absolute Gasteiger partial charge is 0.328 e. The lowest BCUT2D eigenvalue weighted by Gasteiger charge is -2.05. The number of halogens is 1. The number of fused-ring (bicyclic) bond motifs is 1. The van der Waals surface area contributed by atoms with Gasteiger partial charge in [0.05, 0.1) is 10.4 Å². The summed E-state index contributed by atoms with van der Waals surface area (Å²) in [5.74, 6) is -0.230. The average Bonchev–Trinajstić information content (AvgIpc) is 2.80. The molecule has 4 nitrogen and oxygen atoms in total. The first-order valence-electron chi connectivity index (χ1n) is 5.58. The highest BCUT2D eigenvalue weighted by Crippen LogP contribution is 2.28. The van der Waals surface area contributed by atoms with Crippen LogP contribution in [0.2, 0.25) is 5.02 Å². The van der Waals surface area contributed by atoms with Crippen LogP contribution < -0.4 is 10.2 Å². The van der Waals surface area contributed by atoms with Gasteiger partial charge in [-0.05, 0) is 30.3 Å². The molecular formula is C13H7ClN2O2S2. The van der Waals surface area contributed by atoms with Gasteiger partial charge in [-0.1, -0.05) is 22.9 Å². The van der Waals surface area contributed by atoms with Gasteiger partial charge in [0.25, 0.3) is 5.91 Å². The van der Waals surface area contributed by atoms with Crippen molar-refractivity contribution in [3.63, 3.8) is 0 Å². The molecule has 2 aliphatic heterocycles. The Kier molecular flexibility index (Phi) is 3.52. The van der Waals surface area contributed by atoms with Crippen molar-refractivity contribution in [2.75, 3.05) is 5.32 Å². The Labute approximate surface area is 127 Å². The lowest BCUT2D eigenvalue weighted by molar-refractivity contribution is 0.102. The van der Waals surface area contributed by atoms with E-state index in [4.69, 9.17) is 11.6 Å². The maximum absolute atomic E-state index is 12.1. The van der Waals surface area contributed by atoms with Gasteiger partial charge in [0.1, 0.15) is 5.01 Å². The molecule has 0 fully saturated rings. The predicted molar refractivity (Wildman–Crippen MR) is 82.3 cm³/mol. The molecule has 20 heavy (non-hydrogen) atoms. The number of amides is 1. The van der Waals surface area contributed by atoms with E-state index in [0.717, 1.165) is 16.2 Å². The number of rotatable bonds is 2. The number of anilines is 1. The zero-order chi connectivity index (χ0) is 14.1. The normalized spacial score (nSPS) is 10.7. The minimum Gasteiger partial charge on any atom is -0.322 e. The Bertz CT molecular complexity index is 795. The minimum absolute atomic E-state index is 0.230. The standard InChI is InChI=1S/C13H7ClN2O2S2/c14-8-1-3-9(4-2-8)15-11(17)7-5-10-12(19-6-7)16-13(18)20-10/h1-6H,(H,15,17). The van der Waals surface area contributed by atoms with E-state index in [9.17, 15) is 9.59 Å². The molecule has 0 bridgehead atoms. The zero-order valence-corrected chi connectivity index (χ0v) is 12.3. The summed E-state index contributed by atoms with van der Waals surface area (Å²) in [6.07, 6.45) is 0. The van der Waals surface area contributed by atoms with E-state index in [1.54, 1.807) is 35.7 Å². The van der Waals surface area contributed by atoms with E-state index in [0.29, 0.717) is 21.3 Å². The summed E-state index contributed by atoms with van der Waals surface area (Å²) < 4.78 is 0. The van der Waals surface area contributed by atoms with Crippen LogP contribution in [-0.4, -0.2) is 10.9 Å². The van der Waals surface area contributed by atoms with Crippen LogP contribution in [0.5, 0.6) is 0 Å². The third-order valence-corrected chi connectivity index (χ3v) is 4.63. The Morgan fingerprint density at radius 3 is 2.75 bits per heavy atom. The van der Waals surface area contributed by atoms with E-state index in [1.807, 2.05) is 0 Å². The molecule has 1 aromatic rings. The van der Waals surface area contributed by atoms with Gasteiger partial charge in [0.2, 0.25) is 0 Å². The first-order chi connectivity index (χ1) is 9.61. The highest BCUT2D eigenvalue weighted by atomic mass is 35.5. The van der Waals surface area contributed by atoms with Crippen LogP contribution in [0.4, 0.5) is 5.69 Å².